The van der Waals surface area contributed by atoms with Gasteiger partial charge in [-0.2, -0.15) is 0 Å². The van der Waals surface area contributed by atoms with Crippen LogP contribution in [0.5, 0.6) is 5.75 Å². The zero-order valence-electron chi connectivity index (χ0n) is 11.0. The Balaban J connectivity index is 2.75. The molecular weight excluding hydrogens is 254 g/mol. The third-order valence-corrected chi connectivity index (χ3v) is 3.18. The average Bonchev–Trinajstić information content (AvgIpc) is 2.38. The van der Waals surface area contributed by atoms with Crippen LogP contribution < -0.4 is 10.1 Å². The Labute approximate surface area is 112 Å². The van der Waals surface area contributed by atoms with Crippen LogP contribution in [0.3, 0.4) is 0 Å². The molecule has 0 aliphatic rings. The second-order valence-corrected chi connectivity index (χ2v) is 4.50. The fourth-order valence-electron chi connectivity index (χ4n) is 1.53. The highest BCUT2D eigenvalue weighted by molar-refractivity contribution is 6.32. The first-order valence-corrected chi connectivity index (χ1v) is 6.05. The van der Waals surface area contributed by atoms with E-state index >= 15 is 0 Å². The molecule has 0 spiro atoms. The number of halogens is 1. The van der Waals surface area contributed by atoms with Gasteiger partial charge in [-0.15, -0.1) is 0 Å². The lowest BCUT2D eigenvalue weighted by atomic mass is 10.0. The Hall–Kier alpha value is -1.42. The summed E-state index contributed by atoms with van der Waals surface area (Å²) >= 11 is 5.94. The van der Waals surface area contributed by atoms with Crippen molar-refractivity contribution in [1.82, 2.24) is 0 Å². The van der Waals surface area contributed by atoms with Crippen LogP contribution in [0.15, 0.2) is 18.2 Å². The molecule has 5 heteroatoms. The highest BCUT2D eigenvalue weighted by Crippen LogP contribution is 2.28. The van der Waals surface area contributed by atoms with Crippen LogP contribution in [-0.4, -0.2) is 26.2 Å². The maximum atomic E-state index is 11.4. The van der Waals surface area contributed by atoms with Gasteiger partial charge < -0.3 is 14.8 Å². The first-order valence-electron chi connectivity index (χ1n) is 5.67. The van der Waals surface area contributed by atoms with Gasteiger partial charge in [0.2, 0.25) is 0 Å². The van der Waals surface area contributed by atoms with Gasteiger partial charge in [-0.1, -0.05) is 11.6 Å². The number of methoxy groups -OCH3 is 2. The van der Waals surface area contributed by atoms with Gasteiger partial charge in [0.15, 0.2) is 0 Å². The number of rotatable bonds is 5. The lowest BCUT2D eigenvalue weighted by molar-refractivity contribution is -0.145. The van der Waals surface area contributed by atoms with Crippen molar-refractivity contribution in [3.05, 3.63) is 23.2 Å². The van der Waals surface area contributed by atoms with E-state index in [1.54, 1.807) is 19.2 Å². The molecule has 1 aromatic rings. The predicted molar refractivity (Wildman–Crippen MR) is 72.3 cm³/mol. The van der Waals surface area contributed by atoms with Crippen molar-refractivity contribution in [2.45, 2.75) is 19.9 Å². The minimum atomic E-state index is -0.240. The van der Waals surface area contributed by atoms with Gasteiger partial charge in [0, 0.05) is 17.8 Å². The van der Waals surface area contributed by atoms with Crippen molar-refractivity contribution < 1.29 is 14.3 Å². The van der Waals surface area contributed by atoms with E-state index in [-0.39, 0.29) is 17.9 Å². The van der Waals surface area contributed by atoms with E-state index in [9.17, 15) is 4.79 Å². The van der Waals surface area contributed by atoms with Crippen molar-refractivity contribution in [2.75, 3.05) is 19.5 Å². The molecule has 0 aromatic heterocycles. The molecule has 0 aliphatic heterocycles. The first-order chi connectivity index (χ1) is 8.49. The number of carbonyl (C=O) groups excluding carboxylic acids is 1. The number of benzene rings is 1. The smallest absolute Gasteiger partial charge is 0.310 e. The third-order valence-electron chi connectivity index (χ3n) is 2.87. The summed E-state index contributed by atoms with van der Waals surface area (Å²) in [4.78, 5) is 11.4. The van der Waals surface area contributed by atoms with Gasteiger partial charge in [-0.25, -0.2) is 0 Å². The molecule has 100 valence electrons. The molecule has 18 heavy (non-hydrogen) atoms. The number of hydrogen-bond donors (Lipinski definition) is 1. The van der Waals surface area contributed by atoms with E-state index in [1.807, 2.05) is 19.9 Å². The van der Waals surface area contributed by atoms with E-state index < -0.39 is 0 Å². The fraction of sp³-hybridized carbons (Fsp3) is 0.462. The van der Waals surface area contributed by atoms with Crippen LogP contribution in [-0.2, 0) is 9.53 Å². The largest absolute Gasteiger partial charge is 0.495 e. The van der Waals surface area contributed by atoms with Crippen molar-refractivity contribution >= 4 is 23.3 Å². The van der Waals surface area contributed by atoms with E-state index in [4.69, 9.17) is 21.1 Å². The number of esters is 1. The Morgan fingerprint density at radius 2 is 2.00 bits per heavy atom. The molecule has 1 aromatic carbocycles. The molecule has 2 atom stereocenters. The van der Waals surface area contributed by atoms with Crippen LogP contribution >= 0.6 is 11.6 Å². The summed E-state index contributed by atoms with van der Waals surface area (Å²) in [7, 11) is 2.95. The van der Waals surface area contributed by atoms with E-state index in [0.717, 1.165) is 5.69 Å². The Kier molecular flexibility index (Phi) is 5.28. The van der Waals surface area contributed by atoms with Crippen LogP contribution in [0.1, 0.15) is 13.8 Å². The molecular formula is C13H18ClNO3. The van der Waals surface area contributed by atoms with Gasteiger partial charge in [0.05, 0.1) is 25.2 Å². The molecule has 0 bridgehead atoms. The SMILES string of the molecule is COC(=O)C(C)C(C)Nc1ccc(Cl)c(OC)c1. The first kappa shape index (κ1) is 14.6. The fourth-order valence-corrected chi connectivity index (χ4v) is 1.72. The quantitative estimate of drug-likeness (QED) is 0.837. The number of anilines is 1. The summed E-state index contributed by atoms with van der Waals surface area (Å²) in [5, 5.41) is 3.77. The molecule has 2 unspecified atom stereocenters. The summed E-state index contributed by atoms with van der Waals surface area (Å²) in [5.41, 5.74) is 0.847. The van der Waals surface area contributed by atoms with Gasteiger partial charge in [-0.3, -0.25) is 4.79 Å². The van der Waals surface area contributed by atoms with Gasteiger partial charge in [0.25, 0.3) is 0 Å². The van der Waals surface area contributed by atoms with Crippen molar-refractivity contribution in [3.63, 3.8) is 0 Å². The lowest BCUT2D eigenvalue weighted by Crippen LogP contribution is -2.30. The van der Waals surface area contributed by atoms with E-state index in [1.165, 1.54) is 7.11 Å². The highest BCUT2D eigenvalue weighted by atomic mass is 35.5. The molecule has 1 N–H and O–H groups in total. The second-order valence-electron chi connectivity index (χ2n) is 4.09. The second kappa shape index (κ2) is 6.50. The monoisotopic (exact) mass is 271 g/mol. The standard InChI is InChI=1S/C13H18ClNO3/c1-8(13(16)18-4)9(2)15-10-5-6-11(14)12(7-10)17-3/h5-9,15H,1-4H3. The normalized spacial score (nSPS) is 13.6. The molecule has 0 fully saturated rings. The van der Waals surface area contributed by atoms with Crippen LogP contribution in [0.2, 0.25) is 5.02 Å². The van der Waals surface area contributed by atoms with E-state index in [2.05, 4.69) is 5.32 Å². The highest BCUT2D eigenvalue weighted by Gasteiger charge is 2.20. The third kappa shape index (κ3) is 3.53. The number of ether oxygens (including phenoxy) is 2. The van der Waals surface area contributed by atoms with Crippen LogP contribution in [0.4, 0.5) is 5.69 Å². The Bertz CT molecular complexity index is 423. The van der Waals surface area contributed by atoms with Crippen molar-refractivity contribution in [1.29, 1.82) is 0 Å². The number of hydrogen-bond acceptors (Lipinski definition) is 4. The number of carbonyl (C=O) groups is 1. The molecule has 1 rings (SSSR count). The van der Waals surface area contributed by atoms with Crippen molar-refractivity contribution in [2.24, 2.45) is 5.92 Å². The molecule has 4 nitrogen and oxygen atoms in total. The van der Waals surface area contributed by atoms with Crippen LogP contribution in [0, 0.1) is 5.92 Å². The number of nitrogens with one attached hydrogen (secondary N) is 1. The van der Waals surface area contributed by atoms with Crippen LogP contribution in [0.25, 0.3) is 0 Å². The maximum Gasteiger partial charge on any atom is 0.310 e. The molecule has 0 saturated carbocycles. The maximum absolute atomic E-state index is 11.4. The van der Waals surface area contributed by atoms with E-state index in [0.29, 0.717) is 10.8 Å². The molecule has 0 heterocycles. The minimum absolute atomic E-state index is 0.0525. The minimum Gasteiger partial charge on any atom is -0.495 e. The zero-order chi connectivity index (χ0) is 13.7. The average molecular weight is 272 g/mol. The summed E-state index contributed by atoms with van der Waals surface area (Å²) in [6, 6.07) is 5.33. The summed E-state index contributed by atoms with van der Waals surface area (Å²) in [5.74, 6) is 0.118. The molecule has 0 radical (unpaired) electrons. The summed E-state index contributed by atoms with van der Waals surface area (Å²) in [6.07, 6.45) is 0. The van der Waals surface area contributed by atoms with Gasteiger partial charge in [0.1, 0.15) is 5.75 Å². The predicted octanol–water partition coefficient (Wildman–Crippen LogP) is 2.96. The molecule has 0 aliphatic carbocycles. The summed E-state index contributed by atoms with van der Waals surface area (Å²) in [6.45, 7) is 3.74. The van der Waals surface area contributed by atoms with Gasteiger partial charge in [-0.05, 0) is 26.0 Å². The Morgan fingerprint density at radius 1 is 1.33 bits per heavy atom. The zero-order valence-corrected chi connectivity index (χ0v) is 11.7. The topological polar surface area (TPSA) is 47.6 Å². The molecule has 0 amide bonds. The Morgan fingerprint density at radius 3 is 2.56 bits per heavy atom. The lowest BCUT2D eigenvalue weighted by Gasteiger charge is -2.20. The molecule has 0 saturated heterocycles. The van der Waals surface area contributed by atoms with Gasteiger partial charge >= 0.3 is 5.97 Å². The summed E-state index contributed by atoms with van der Waals surface area (Å²) < 4.78 is 9.84. The van der Waals surface area contributed by atoms with Crippen molar-refractivity contribution in [3.8, 4) is 5.75 Å².